The first-order valence-electron chi connectivity index (χ1n) is 7.90. The third-order valence-corrected chi connectivity index (χ3v) is 4.61. The normalized spacial score (nSPS) is 28.5. The van der Waals surface area contributed by atoms with Crippen LogP contribution in [0.25, 0.3) is 0 Å². The van der Waals surface area contributed by atoms with E-state index in [4.69, 9.17) is 10.5 Å². The van der Waals surface area contributed by atoms with Crippen molar-refractivity contribution in [3.8, 4) is 0 Å². The van der Waals surface area contributed by atoms with Gasteiger partial charge in [-0.25, -0.2) is 0 Å². The molecule has 2 aliphatic rings. The fourth-order valence-electron chi connectivity index (χ4n) is 3.43. The SMILES string of the molecule is NC[C@H]1CCC[C@H]1C(=O)NCCOC1CCCCC1. The zero-order valence-corrected chi connectivity index (χ0v) is 11.9. The van der Waals surface area contributed by atoms with E-state index in [1.165, 1.54) is 32.1 Å². The lowest BCUT2D eigenvalue weighted by Gasteiger charge is -2.22. The molecule has 2 atom stereocenters. The summed E-state index contributed by atoms with van der Waals surface area (Å²) in [6.07, 6.45) is 9.96. The molecule has 110 valence electrons. The number of hydrogen-bond acceptors (Lipinski definition) is 3. The zero-order chi connectivity index (χ0) is 13.5. The van der Waals surface area contributed by atoms with Crippen LogP contribution in [0.2, 0.25) is 0 Å². The van der Waals surface area contributed by atoms with Crippen molar-refractivity contribution in [1.82, 2.24) is 5.32 Å². The molecule has 2 fully saturated rings. The van der Waals surface area contributed by atoms with Gasteiger partial charge in [-0.2, -0.15) is 0 Å². The minimum absolute atomic E-state index is 0.139. The number of nitrogens with two attached hydrogens (primary N) is 1. The molecule has 4 nitrogen and oxygen atoms in total. The summed E-state index contributed by atoms with van der Waals surface area (Å²) in [6.45, 7) is 1.93. The summed E-state index contributed by atoms with van der Waals surface area (Å²) in [6, 6.07) is 0. The van der Waals surface area contributed by atoms with Gasteiger partial charge in [-0.15, -0.1) is 0 Å². The highest BCUT2D eigenvalue weighted by molar-refractivity contribution is 5.79. The molecule has 0 heterocycles. The van der Waals surface area contributed by atoms with Gasteiger partial charge in [0.15, 0.2) is 0 Å². The van der Waals surface area contributed by atoms with Crippen molar-refractivity contribution >= 4 is 5.91 Å². The van der Waals surface area contributed by atoms with E-state index >= 15 is 0 Å². The number of amides is 1. The lowest BCUT2D eigenvalue weighted by molar-refractivity contribution is -0.126. The van der Waals surface area contributed by atoms with Gasteiger partial charge in [-0.3, -0.25) is 4.79 Å². The van der Waals surface area contributed by atoms with Gasteiger partial charge in [0.2, 0.25) is 5.91 Å². The molecule has 2 saturated carbocycles. The van der Waals surface area contributed by atoms with E-state index in [1.807, 2.05) is 0 Å². The number of nitrogens with one attached hydrogen (secondary N) is 1. The minimum Gasteiger partial charge on any atom is -0.376 e. The van der Waals surface area contributed by atoms with E-state index < -0.39 is 0 Å². The summed E-state index contributed by atoms with van der Waals surface area (Å²) in [4.78, 5) is 12.0. The Labute approximate surface area is 116 Å². The predicted octanol–water partition coefficient (Wildman–Crippen LogP) is 1.83. The van der Waals surface area contributed by atoms with E-state index in [1.54, 1.807) is 0 Å². The van der Waals surface area contributed by atoms with Gasteiger partial charge in [0.1, 0.15) is 0 Å². The molecule has 0 bridgehead atoms. The first kappa shape index (κ1) is 14.8. The summed E-state index contributed by atoms with van der Waals surface area (Å²) < 4.78 is 5.81. The molecule has 2 rings (SSSR count). The number of carbonyl (C=O) groups is 1. The molecule has 19 heavy (non-hydrogen) atoms. The smallest absolute Gasteiger partial charge is 0.223 e. The molecule has 0 aliphatic heterocycles. The van der Waals surface area contributed by atoms with Gasteiger partial charge in [-0.1, -0.05) is 25.7 Å². The third-order valence-electron chi connectivity index (χ3n) is 4.61. The average molecular weight is 268 g/mol. The van der Waals surface area contributed by atoms with Crippen LogP contribution in [0.15, 0.2) is 0 Å². The number of ether oxygens (including phenoxy) is 1. The molecular weight excluding hydrogens is 240 g/mol. The fraction of sp³-hybridized carbons (Fsp3) is 0.933. The Morgan fingerprint density at radius 2 is 1.89 bits per heavy atom. The quantitative estimate of drug-likeness (QED) is 0.722. The number of carbonyl (C=O) groups excluding carboxylic acids is 1. The van der Waals surface area contributed by atoms with Crippen LogP contribution in [0.4, 0.5) is 0 Å². The first-order chi connectivity index (χ1) is 9.31. The maximum atomic E-state index is 12.0. The second-order valence-electron chi connectivity index (χ2n) is 5.96. The largest absolute Gasteiger partial charge is 0.376 e. The summed E-state index contributed by atoms with van der Waals surface area (Å²) in [5.74, 6) is 0.708. The van der Waals surface area contributed by atoms with Gasteiger partial charge in [0.05, 0.1) is 12.7 Å². The molecular formula is C15H28N2O2. The maximum absolute atomic E-state index is 12.0. The summed E-state index contributed by atoms with van der Waals surface area (Å²) >= 11 is 0. The van der Waals surface area contributed by atoms with Crippen LogP contribution in [0.3, 0.4) is 0 Å². The van der Waals surface area contributed by atoms with Crippen molar-refractivity contribution in [2.24, 2.45) is 17.6 Å². The average Bonchev–Trinajstić information content (AvgIpc) is 2.93. The second-order valence-corrected chi connectivity index (χ2v) is 5.96. The summed E-state index contributed by atoms with van der Waals surface area (Å²) in [5, 5.41) is 3.01. The maximum Gasteiger partial charge on any atom is 0.223 e. The molecule has 0 saturated heterocycles. The van der Waals surface area contributed by atoms with Crippen molar-refractivity contribution in [3.05, 3.63) is 0 Å². The summed E-state index contributed by atoms with van der Waals surface area (Å²) in [7, 11) is 0. The zero-order valence-electron chi connectivity index (χ0n) is 11.9. The van der Waals surface area contributed by atoms with Gasteiger partial charge in [0, 0.05) is 12.5 Å². The van der Waals surface area contributed by atoms with Crippen LogP contribution in [0.5, 0.6) is 0 Å². The van der Waals surface area contributed by atoms with E-state index in [0.29, 0.717) is 31.7 Å². The molecule has 0 radical (unpaired) electrons. The third kappa shape index (κ3) is 4.46. The Bertz CT molecular complexity index is 277. The van der Waals surface area contributed by atoms with E-state index in [-0.39, 0.29) is 11.8 Å². The molecule has 3 N–H and O–H groups in total. The molecule has 4 heteroatoms. The van der Waals surface area contributed by atoms with Crippen LogP contribution in [0.1, 0.15) is 51.4 Å². The van der Waals surface area contributed by atoms with Gasteiger partial charge >= 0.3 is 0 Å². The Balaban J connectivity index is 1.58. The van der Waals surface area contributed by atoms with E-state index in [9.17, 15) is 4.79 Å². The molecule has 1 amide bonds. The van der Waals surface area contributed by atoms with Gasteiger partial charge < -0.3 is 15.8 Å². The second kappa shape index (κ2) is 7.85. The predicted molar refractivity (Wildman–Crippen MR) is 75.7 cm³/mol. The Morgan fingerprint density at radius 3 is 2.63 bits per heavy atom. The van der Waals surface area contributed by atoms with Gasteiger partial charge in [0.25, 0.3) is 0 Å². The molecule has 0 unspecified atom stereocenters. The van der Waals surface area contributed by atoms with Crippen molar-refractivity contribution in [1.29, 1.82) is 0 Å². The van der Waals surface area contributed by atoms with Crippen LogP contribution in [-0.4, -0.2) is 31.7 Å². The van der Waals surface area contributed by atoms with Crippen LogP contribution in [0, 0.1) is 11.8 Å². The minimum atomic E-state index is 0.139. The highest BCUT2D eigenvalue weighted by Gasteiger charge is 2.31. The molecule has 2 aliphatic carbocycles. The Kier molecular flexibility index (Phi) is 6.11. The molecule has 0 aromatic carbocycles. The summed E-state index contributed by atoms with van der Waals surface area (Å²) in [5.41, 5.74) is 5.71. The molecule has 0 aromatic heterocycles. The lowest BCUT2D eigenvalue weighted by Crippen LogP contribution is -2.37. The first-order valence-corrected chi connectivity index (χ1v) is 7.90. The van der Waals surface area contributed by atoms with Crippen molar-refractivity contribution in [2.75, 3.05) is 19.7 Å². The van der Waals surface area contributed by atoms with Gasteiger partial charge in [-0.05, 0) is 38.1 Å². The van der Waals surface area contributed by atoms with Crippen molar-refractivity contribution < 1.29 is 9.53 Å². The molecule has 0 aromatic rings. The topological polar surface area (TPSA) is 64.4 Å². The van der Waals surface area contributed by atoms with Crippen LogP contribution >= 0.6 is 0 Å². The Hall–Kier alpha value is -0.610. The van der Waals surface area contributed by atoms with Crippen molar-refractivity contribution in [2.45, 2.75) is 57.5 Å². The van der Waals surface area contributed by atoms with Crippen LogP contribution in [-0.2, 0) is 9.53 Å². The monoisotopic (exact) mass is 268 g/mol. The highest BCUT2D eigenvalue weighted by atomic mass is 16.5. The number of hydrogen-bond donors (Lipinski definition) is 2. The fourth-order valence-corrected chi connectivity index (χ4v) is 3.43. The standard InChI is InChI=1S/C15H28N2O2/c16-11-12-5-4-8-14(12)15(18)17-9-10-19-13-6-2-1-3-7-13/h12-14H,1-11,16H2,(H,17,18)/t12-,14-/m1/s1. The van der Waals surface area contributed by atoms with Crippen molar-refractivity contribution in [3.63, 3.8) is 0 Å². The highest BCUT2D eigenvalue weighted by Crippen LogP contribution is 2.30. The number of rotatable bonds is 6. The van der Waals surface area contributed by atoms with Crippen LogP contribution < -0.4 is 11.1 Å². The lowest BCUT2D eigenvalue weighted by atomic mass is 9.95. The molecule has 0 spiro atoms. The van der Waals surface area contributed by atoms with E-state index in [2.05, 4.69) is 5.32 Å². The van der Waals surface area contributed by atoms with E-state index in [0.717, 1.165) is 19.3 Å². The Morgan fingerprint density at radius 1 is 1.11 bits per heavy atom.